The molecule has 0 aromatic heterocycles. The van der Waals surface area contributed by atoms with Crippen molar-refractivity contribution in [1.82, 2.24) is 5.32 Å². The molecule has 0 bridgehead atoms. The first-order valence-corrected chi connectivity index (χ1v) is 36.5. The first-order chi connectivity index (χ1) is 44.8. The van der Waals surface area contributed by atoms with Gasteiger partial charge in [0.1, 0.15) is 73.2 Å². The van der Waals surface area contributed by atoms with Crippen LogP contribution in [0.1, 0.15) is 264 Å². The average molecular weight is 1310 g/mol. The molecular weight excluding hydrogens is 1180 g/mol. The SMILES string of the molecule is CC/C=C\C/C=C\C/C=C\C/C=C\C/C=C\CCCCCCCCCCCCCCCC(=O)NC(COC1OC(CO)C(OC2OC(CO)C(OC3OC(CO)C(O)C(O)C3O)C(O)C2O)C(O)C1O)C(O)CCCCCCCCCCCCCCCCCCCC. The van der Waals surface area contributed by atoms with E-state index >= 15 is 0 Å². The summed E-state index contributed by atoms with van der Waals surface area (Å²) in [4.78, 5) is 13.5. The molecule has 3 aliphatic heterocycles. The van der Waals surface area contributed by atoms with Crippen LogP contribution in [0.4, 0.5) is 0 Å². The third kappa shape index (κ3) is 35.7. The van der Waals surface area contributed by atoms with Gasteiger partial charge in [-0.1, -0.05) is 261 Å². The Bertz CT molecular complexity index is 1900. The number of rotatable bonds is 56. The molecule has 3 heterocycles. The molecule has 19 nitrogen and oxygen atoms in total. The summed E-state index contributed by atoms with van der Waals surface area (Å²) in [5.41, 5.74) is 0. The smallest absolute Gasteiger partial charge is 0.220 e. The van der Waals surface area contributed by atoms with E-state index in [1.54, 1.807) is 0 Å². The van der Waals surface area contributed by atoms with Gasteiger partial charge < -0.3 is 89.9 Å². The normalized spacial score (nSPS) is 28.0. The van der Waals surface area contributed by atoms with E-state index in [1.807, 2.05) is 0 Å². The van der Waals surface area contributed by atoms with Crippen LogP contribution in [-0.2, 0) is 33.2 Å². The summed E-state index contributed by atoms with van der Waals surface area (Å²) >= 11 is 0. The largest absolute Gasteiger partial charge is 0.394 e. The Labute approximate surface area is 554 Å². The van der Waals surface area contributed by atoms with Crippen LogP contribution >= 0.6 is 0 Å². The van der Waals surface area contributed by atoms with E-state index in [-0.39, 0.29) is 18.9 Å². The second kappa shape index (κ2) is 54.5. The topological polar surface area (TPSA) is 307 Å². The molecule has 0 aliphatic carbocycles. The second-order valence-electron chi connectivity index (χ2n) is 26.0. The summed E-state index contributed by atoms with van der Waals surface area (Å²) in [5, 5.41) is 121. The minimum atomic E-state index is -1.97. The average Bonchev–Trinajstić information content (AvgIpc) is 0.834. The Morgan fingerprint density at radius 3 is 1.17 bits per heavy atom. The van der Waals surface area contributed by atoms with Gasteiger partial charge in [-0.25, -0.2) is 0 Å². The van der Waals surface area contributed by atoms with Crippen molar-refractivity contribution in [2.24, 2.45) is 0 Å². The van der Waals surface area contributed by atoms with E-state index in [4.69, 9.17) is 28.4 Å². The Balaban J connectivity index is 1.39. The quantitative estimate of drug-likeness (QED) is 0.0199. The van der Waals surface area contributed by atoms with Crippen molar-refractivity contribution in [3.05, 3.63) is 60.8 Å². The van der Waals surface area contributed by atoms with Crippen LogP contribution in [0.5, 0.6) is 0 Å². The molecule has 17 unspecified atom stereocenters. The summed E-state index contributed by atoms with van der Waals surface area (Å²) in [7, 11) is 0. The number of ether oxygens (including phenoxy) is 6. The van der Waals surface area contributed by atoms with E-state index < -0.39 is 124 Å². The Hall–Kier alpha value is -2.51. The highest BCUT2D eigenvalue weighted by molar-refractivity contribution is 5.76. The van der Waals surface area contributed by atoms with Gasteiger partial charge in [0.15, 0.2) is 18.9 Å². The van der Waals surface area contributed by atoms with Crippen LogP contribution < -0.4 is 5.32 Å². The molecular formula is C73H131NO18. The lowest BCUT2D eigenvalue weighted by molar-refractivity contribution is -0.379. The van der Waals surface area contributed by atoms with Crippen molar-refractivity contribution in [2.45, 2.75) is 369 Å². The molecule has 3 rings (SSSR count). The minimum absolute atomic E-state index is 0.244. The predicted octanol–water partition coefficient (Wildman–Crippen LogP) is 10.3. The van der Waals surface area contributed by atoms with E-state index in [2.05, 4.69) is 79.9 Å². The molecule has 0 saturated carbocycles. The van der Waals surface area contributed by atoms with Crippen molar-refractivity contribution < 1.29 is 89.4 Å². The molecule has 3 aliphatic rings. The molecule has 3 fully saturated rings. The van der Waals surface area contributed by atoms with Crippen LogP contribution in [0.25, 0.3) is 0 Å². The van der Waals surface area contributed by atoms with Gasteiger partial charge >= 0.3 is 0 Å². The van der Waals surface area contributed by atoms with Gasteiger partial charge in [-0.3, -0.25) is 4.79 Å². The van der Waals surface area contributed by atoms with Crippen LogP contribution in [0, 0.1) is 0 Å². The van der Waals surface area contributed by atoms with Gasteiger partial charge in [0.05, 0.1) is 38.6 Å². The molecule has 1 amide bonds. The lowest BCUT2D eigenvalue weighted by Gasteiger charge is -2.48. The highest BCUT2D eigenvalue weighted by Crippen LogP contribution is 2.33. The predicted molar refractivity (Wildman–Crippen MR) is 360 cm³/mol. The van der Waals surface area contributed by atoms with Crippen LogP contribution in [0.3, 0.4) is 0 Å². The van der Waals surface area contributed by atoms with Gasteiger partial charge in [-0.15, -0.1) is 0 Å². The monoisotopic (exact) mass is 1310 g/mol. The summed E-state index contributed by atoms with van der Waals surface area (Å²) in [6.45, 7) is 1.70. The van der Waals surface area contributed by atoms with Gasteiger partial charge in [-0.05, 0) is 57.8 Å². The highest BCUT2D eigenvalue weighted by Gasteiger charge is 2.53. The third-order valence-electron chi connectivity index (χ3n) is 18.1. The third-order valence-corrected chi connectivity index (χ3v) is 18.1. The molecule has 19 heteroatoms. The zero-order chi connectivity index (χ0) is 66.8. The number of aliphatic hydroxyl groups excluding tert-OH is 11. The maximum atomic E-state index is 13.5. The van der Waals surface area contributed by atoms with Crippen molar-refractivity contribution in [3.8, 4) is 0 Å². The fourth-order valence-corrected chi connectivity index (χ4v) is 12.2. The number of nitrogens with one attached hydrogen (secondary N) is 1. The van der Waals surface area contributed by atoms with E-state index in [1.165, 1.54) is 148 Å². The first kappa shape index (κ1) is 83.7. The zero-order valence-electron chi connectivity index (χ0n) is 56.8. The zero-order valence-corrected chi connectivity index (χ0v) is 56.8. The fraction of sp³-hybridized carbons (Fsp3) is 0.849. The molecule has 92 heavy (non-hydrogen) atoms. The van der Waals surface area contributed by atoms with Crippen molar-refractivity contribution in [2.75, 3.05) is 26.4 Å². The lowest BCUT2D eigenvalue weighted by atomic mass is 9.96. The molecule has 536 valence electrons. The molecule has 0 aromatic rings. The van der Waals surface area contributed by atoms with Gasteiger partial charge in [-0.2, -0.15) is 0 Å². The van der Waals surface area contributed by atoms with Gasteiger partial charge in [0.25, 0.3) is 0 Å². The van der Waals surface area contributed by atoms with Crippen LogP contribution in [-0.4, -0.2) is 193 Å². The van der Waals surface area contributed by atoms with E-state index in [0.717, 1.165) is 83.5 Å². The molecule has 0 spiro atoms. The van der Waals surface area contributed by atoms with Gasteiger partial charge in [0, 0.05) is 6.42 Å². The highest BCUT2D eigenvalue weighted by atomic mass is 16.8. The Kier molecular flexibility index (Phi) is 49.6. The number of carbonyl (C=O) groups excluding carboxylic acids is 1. The van der Waals surface area contributed by atoms with Crippen molar-refractivity contribution >= 4 is 5.91 Å². The first-order valence-electron chi connectivity index (χ1n) is 36.5. The lowest BCUT2D eigenvalue weighted by Crippen LogP contribution is -2.66. The Morgan fingerprint density at radius 2 is 0.750 bits per heavy atom. The van der Waals surface area contributed by atoms with Crippen LogP contribution in [0.2, 0.25) is 0 Å². The van der Waals surface area contributed by atoms with Crippen molar-refractivity contribution in [1.29, 1.82) is 0 Å². The molecule has 12 N–H and O–H groups in total. The number of amides is 1. The summed E-state index contributed by atoms with van der Waals surface area (Å²) in [5.74, 6) is -0.244. The molecule has 3 saturated heterocycles. The number of hydrogen-bond donors (Lipinski definition) is 12. The summed E-state index contributed by atoms with van der Waals surface area (Å²) in [6.07, 6.45) is 40.0. The van der Waals surface area contributed by atoms with E-state index in [9.17, 15) is 61.0 Å². The van der Waals surface area contributed by atoms with Crippen LogP contribution in [0.15, 0.2) is 60.8 Å². The number of hydrogen-bond acceptors (Lipinski definition) is 18. The maximum Gasteiger partial charge on any atom is 0.220 e. The molecule has 17 atom stereocenters. The number of aliphatic hydroxyl groups is 11. The summed E-state index contributed by atoms with van der Waals surface area (Å²) < 4.78 is 34.5. The molecule has 0 radical (unpaired) electrons. The van der Waals surface area contributed by atoms with Gasteiger partial charge in [0.2, 0.25) is 5.91 Å². The number of unbranched alkanes of at least 4 members (excludes halogenated alkanes) is 30. The summed E-state index contributed by atoms with van der Waals surface area (Å²) in [6, 6.07) is -0.891. The Morgan fingerprint density at radius 1 is 0.402 bits per heavy atom. The maximum absolute atomic E-state index is 13.5. The number of carbonyl (C=O) groups is 1. The minimum Gasteiger partial charge on any atom is -0.394 e. The van der Waals surface area contributed by atoms with Crippen molar-refractivity contribution in [3.63, 3.8) is 0 Å². The van der Waals surface area contributed by atoms with E-state index in [0.29, 0.717) is 12.8 Å². The second-order valence-corrected chi connectivity index (χ2v) is 26.0. The fourth-order valence-electron chi connectivity index (χ4n) is 12.2. The standard InChI is InChI=1S/C73H131NO18/c1-3-5-7-9-11-13-15-17-19-21-23-24-25-26-27-28-29-30-31-32-33-35-37-39-41-43-45-47-49-51-61(79)74-56(57(78)50-48-46-44-42-40-38-36-34-22-20-18-16-14-12-10-8-6-4-2)55-87-71-67(85)64(82)69(59(53-76)89-71)92-73-68(86)65(83)70(60(54-77)90-73)91-72-66(84)63(81)62(80)58(52-75)88-72/h5,7,11,13,17,19,23-24,26-27,56-60,62-73,75-78,80-86H,3-4,6,8-10,12,14-16,18,20-22,25,28-55H2,1-2H3,(H,74,79)/b7-5-,13-11-,19-17-,24-23-,27-26-. The molecule has 0 aromatic carbocycles. The number of allylic oxidation sites excluding steroid dienone is 10.